The van der Waals surface area contributed by atoms with Crippen LogP contribution in [0.25, 0.3) is 0 Å². The van der Waals surface area contributed by atoms with Crippen molar-refractivity contribution in [3.63, 3.8) is 0 Å². The van der Waals surface area contributed by atoms with E-state index >= 15 is 0 Å². The fourth-order valence-corrected chi connectivity index (χ4v) is 5.08. The Morgan fingerprint density at radius 1 is 1.23 bits per heavy atom. The van der Waals surface area contributed by atoms with E-state index in [1.807, 2.05) is 30.3 Å². The van der Waals surface area contributed by atoms with Crippen molar-refractivity contribution in [1.82, 2.24) is 0 Å². The van der Waals surface area contributed by atoms with Crippen molar-refractivity contribution in [3.8, 4) is 0 Å². The van der Waals surface area contributed by atoms with Gasteiger partial charge in [-0.05, 0) is 44.1 Å². The predicted octanol–water partition coefficient (Wildman–Crippen LogP) is 6.02. The molecule has 1 heterocycles. The highest BCUT2D eigenvalue weighted by Gasteiger charge is 2.49. The van der Waals surface area contributed by atoms with Gasteiger partial charge in [-0.25, -0.2) is 0 Å². The lowest BCUT2D eigenvalue weighted by molar-refractivity contribution is 0.295. The van der Waals surface area contributed by atoms with Crippen LogP contribution in [-0.2, 0) is 27.7 Å². The maximum Gasteiger partial charge on any atom is 0.127 e. The highest BCUT2D eigenvalue weighted by molar-refractivity contribution is 8.11. The van der Waals surface area contributed by atoms with Crippen molar-refractivity contribution in [2.45, 2.75) is 84.0 Å². The number of hydrogen-bond donors (Lipinski definition) is 1. The first-order valence-corrected chi connectivity index (χ1v) is 13.1. The standard InChI is InChI=1S/C21H36NO2PS/c1-4-21(3)20(24-21)15-14-18(2)11-7-6-10-16-25(22,26)23-17-19-12-8-5-9-13-19/h5,8-9,12-13,18,20H,4,6-7,10-11,14-17H2,1-3H3,(H2,22,26). The van der Waals surface area contributed by atoms with Crippen molar-refractivity contribution >= 4 is 18.2 Å². The first-order valence-electron chi connectivity index (χ1n) is 10.1. The molecule has 1 saturated heterocycles. The normalized spacial score (nSPS) is 25.6. The van der Waals surface area contributed by atoms with Gasteiger partial charge in [0.25, 0.3) is 0 Å². The Bertz CT molecular complexity index is 583. The maximum absolute atomic E-state index is 6.22. The molecule has 0 aromatic heterocycles. The topological polar surface area (TPSA) is 47.8 Å². The van der Waals surface area contributed by atoms with E-state index in [9.17, 15) is 0 Å². The molecule has 5 heteroatoms. The fraction of sp³-hybridized carbons (Fsp3) is 0.714. The fourth-order valence-electron chi connectivity index (χ4n) is 3.37. The van der Waals surface area contributed by atoms with Crippen LogP contribution >= 0.6 is 6.42 Å². The monoisotopic (exact) mass is 397 g/mol. The average molecular weight is 398 g/mol. The molecule has 148 valence electrons. The molecular formula is C21H36NO2PS. The summed E-state index contributed by atoms with van der Waals surface area (Å²) >= 11 is 5.51. The molecular weight excluding hydrogens is 361 g/mol. The van der Waals surface area contributed by atoms with E-state index < -0.39 is 6.42 Å². The quantitative estimate of drug-likeness (QED) is 0.251. The molecule has 3 nitrogen and oxygen atoms in total. The number of rotatable bonds is 13. The SMILES string of the molecule is CCC1(C)OC1CCC(C)CCCCCP(N)(=S)OCc1ccccc1. The third kappa shape index (κ3) is 7.78. The second kappa shape index (κ2) is 10.3. The summed E-state index contributed by atoms with van der Waals surface area (Å²) in [6.45, 7) is 7.35. The zero-order chi connectivity index (χ0) is 19.0. The molecule has 0 bridgehead atoms. The van der Waals surface area contributed by atoms with Crippen LogP contribution in [0.5, 0.6) is 0 Å². The highest BCUT2D eigenvalue weighted by Crippen LogP contribution is 2.43. The summed E-state index contributed by atoms with van der Waals surface area (Å²) in [4.78, 5) is 0. The van der Waals surface area contributed by atoms with Crippen molar-refractivity contribution in [1.29, 1.82) is 0 Å². The Labute approximate surface area is 165 Å². The smallest absolute Gasteiger partial charge is 0.127 e. The second-order valence-electron chi connectivity index (χ2n) is 8.01. The summed E-state index contributed by atoms with van der Waals surface area (Å²) < 4.78 is 11.6. The number of ether oxygens (including phenoxy) is 1. The molecule has 0 spiro atoms. The molecule has 0 radical (unpaired) electrons. The second-order valence-corrected chi connectivity index (χ2v) is 12.0. The zero-order valence-corrected chi connectivity index (χ0v) is 18.4. The van der Waals surface area contributed by atoms with Gasteiger partial charge in [0.1, 0.15) is 6.42 Å². The summed E-state index contributed by atoms with van der Waals surface area (Å²) in [6, 6.07) is 10.1. The third-order valence-corrected chi connectivity index (χ3v) is 7.99. The van der Waals surface area contributed by atoms with Gasteiger partial charge in [-0.15, -0.1) is 0 Å². The first kappa shape index (κ1) is 22.0. The van der Waals surface area contributed by atoms with Crippen LogP contribution in [0.15, 0.2) is 30.3 Å². The molecule has 1 aromatic carbocycles. The number of unbranched alkanes of at least 4 members (excludes halogenated alkanes) is 2. The van der Waals surface area contributed by atoms with Crippen molar-refractivity contribution in [2.75, 3.05) is 6.16 Å². The largest absolute Gasteiger partial charge is 0.366 e. The van der Waals surface area contributed by atoms with E-state index in [0.717, 1.165) is 30.5 Å². The summed E-state index contributed by atoms with van der Waals surface area (Å²) in [5.74, 6) is 0.774. The van der Waals surface area contributed by atoms with E-state index in [2.05, 4.69) is 20.8 Å². The number of hydrogen-bond acceptors (Lipinski definition) is 3. The summed E-state index contributed by atoms with van der Waals surface area (Å²) in [7, 11) is 0. The molecule has 1 fully saturated rings. The van der Waals surface area contributed by atoms with Gasteiger partial charge < -0.3 is 9.26 Å². The number of epoxide rings is 1. The van der Waals surface area contributed by atoms with E-state index in [0.29, 0.717) is 12.7 Å². The third-order valence-electron chi connectivity index (χ3n) is 5.62. The van der Waals surface area contributed by atoms with Crippen LogP contribution in [0.1, 0.15) is 71.3 Å². The Hall–Kier alpha value is -0.250. The molecule has 4 unspecified atom stereocenters. The molecule has 1 aromatic rings. The zero-order valence-electron chi connectivity index (χ0n) is 16.7. The number of benzene rings is 1. The molecule has 4 atom stereocenters. The minimum Gasteiger partial charge on any atom is -0.366 e. The van der Waals surface area contributed by atoms with Gasteiger partial charge in [-0.1, -0.05) is 75.2 Å². The Morgan fingerprint density at radius 3 is 2.62 bits per heavy atom. The van der Waals surface area contributed by atoms with E-state index in [-0.39, 0.29) is 5.60 Å². The van der Waals surface area contributed by atoms with Gasteiger partial charge in [0.2, 0.25) is 0 Å². The molecule has 2 N–H and O–H groups in total. The molecule has 0 saturated carbocycles. The molecule has 1 aliphatic heterocycles. The van der Waals surface area contributed by atoms with E-state index in [4.69, 9.17) is 26.6 Å². The van der Waals surface area contributed by atoms with Crippen molar-refractivity contribution in [3.05, 3.63) is 35.9 Å². The van der Waals surface area contributed by atoms with Gasteiger partial charge in [0.15, 0.2) is 0 Å². The van der Waals surface area contributed by atoms with E-state index in [1.165, 1.54) is 32.1 Å². The lowest BCUT2D eigenvalue weighted by Crippen LogP contribution is -2.08. The Balaban J connectivity index is 1.50. The Kier molecular flexibility index (Phi) is 8.76. The predicted molar refractivity (Wildman–Crippen MR) is 115 cm³/mol. The summed E-state index contributed by atoms with van der Waals surface area (Å²) in [6.07, 6.45) is 7.63. The lowest BCUT2D eigenvalue weighted by atomic mass is 9.94. The van der Waals surface area contributed by atoms with Gasteiger partial charge in [0.05, 0.1) is 18.3 Å². The van der Waals surface area contributed by atoms with Crippen LogP contribution in [0.4, 0.5) is 0 Å². The molecule has 1 aliphatic rings. The number of nitrogens with two attached hydrogens (primary N) is 1. The van der Waals surface area contributed by atoms with Crippen LogP contribution in [0.2, 0.25) is 0 Å². The van der Waals surface area contributed by atoms with Crippen LogP contribution < -0.4 is 5.50 Å². The van der Waals surface area contributed by atoms with Gasteiger partial charge in [0, 0.05) is 6.16 Å². The summed E-state index contributed by atoms with van der Waals surface area (Å²) in [5, 5.41) is 0. The maximum atomic E-state index is 6.22. The van der Waals surface area contributed by atoms with E-state index in [1.54, 1.807) is 0 Å². The van der Waals surface area contributed by atoms with Gasteiger partial charge in [-0.2, -0.15) is 0 Å². The summed E-state index contributed by atoms with van der Waals surface area (Å²) in [5.41, 5.74) is 7.54. The van der Waals surface area contributed by atoms with Crippen LogP contribution in [-0.4, -0.2) is 17.9 Å². The minimum atomic E-state index is -2.14. The van der Waals surface area contributed by atoms with Crippen molar-refractivity contribution < 1.29 is 9.26 Å². The molecule has 26 heavy (non-hydrogen) atoms. The van der Waals surface area contributed by atoms with Gasteiger partial charge >= 0.3 is 0 Å². The lowest BCUT2D eigenvalue weighted by Gasteiger charge is -2.17. The highest BCUT2D eigenvalue weighted by atomic mass is 32.4. The van der Waals surface area contributed by atoms with Crippen LogP contribution in [0.3, 0.4) is 0 Å². The van der Waals surface area contributed by atoms with Crippen LogP contribution in [0, 0.1) is 5.92 Å². The van der Waals surface area contributed by atoms with Gasteiger partial charge in [-0.3, -0.25) is 5.50 Å². The molecule has 0 amide bonds. The average Bonchev–Trinajstić information content (AvgIpc) is 3.30. The minimum absolute atomic E-state index is 0.178. The molecule has 2 rings (SSSR count). The Morgan fingerprint density at radius 2 is 1.96 bits per heavy atom. The van der Waals surface area contributed by atoms with Crippen molar-refractivity contribution in [2.24, 2.45) is 11.4 Å². The first-order chi connectivity index (χ1) is 12.3. The molecule has 0 aliphatic carbocycles.